The van der Waals surface area contributed by atoms with Gasteiger partial charge in [0.15, 0.2) is 0 Å². The zero-order valence-corrected chi connectivity index (χ0v) is 9.28. The molecule has 0 saturated carbocycles. The van der Waals surface area contributed by atoms with E-state index in [0.717, 1.165) is 17.0 Å². The van der Waals surface area contributed by atoms with E-state index < -0.39 is 0 Å². The number of carbonyl (C=O) groups is 1. The quantitative estimate of drug-likeness (QED) is 0.799. The first kappa shape index (κ1) is 9.87. The van der Waals surface area contributed by atoms with Gasteiger partial charge in [-0.1, -0.05) is 18.5 Å². The summed E-state index contributed by atoms with van der Waals surface area (Å²) in [7, 11) is 0. The number of fused-ring (bicyclic) bond motifs is 1. The summed E-state index contributed by atoms with van der Waals surface area (Å²) in [6, 6.07) is 5.52. The number of thioether (sulfide) groups is 1. The van der Waals surface area contributed by atoms with E-state index in [2.05, 4.69) is 5.32 Å². The van der Waals surface area contributed by atoms with Crippen molar-refractivity contribution in [2.24, 2.45) is 0 Å². The van der Waals surface area contributed by atoms with Crippen LogP contribution >= 0.6 is 23.4 Å². The lowest BCUT2D eigenvalue weighted by molar-refractivity contribution is -0.115. The lowest BCUT2D eigenvalue weighted by Crippen LogP contribution is -2.28. The Morgan fingerprint density at radius 1 is 1.57 bits per heavy atom. The number of hydrogen-bond acceptors (Lipinski definition) is 2. The molecule has 0 radical (unpaired) electrons. The molecule has 0 saturated heterocycles. The third-order valence-corrected chi connectivity index (χ3v) is 3.79. The maximum absolute atomic E-state index is 11.5. The van der Waals surface area contributed by atoms with Crippen LogP contribution in [-0.4, -0.2) is 11.2 Å². The van der Waals surface area contributed by atoms with Gasteiger partial charge in [-0.2, -0.15) is 0 Å². The molecule has 1 aliphatic rings. The summed E-state index contributed by atoms with van der Waals surface area (Å²) < 4.78 is 0. The van der Waals surface area contributed by atoms with Crippen LogP contribution in [0.2, 0.25) is 5.02 Å². The maximum Gasteiger partial charge on any atom is 0.237 e. The first-order chi connectivity index (χ1) is 6.70. The first-order valence-electron chi connectivity index (χ1n) is 4.47. The summed E-state index contributed by atoms with van der Waals surface area (Å²) >= 11 is 7.46. The fourth-order valence-corrected chi connectivity index (χ4v) is 2.70. The van der Waals surface area contributed by atoms with E-state index in [1.807, 2.05) is 19.1 Å². The zero-order chi connectivity index (χ0) is 10.1. The van der Waals surface area contributed by atoms with Crippen molar-refractivity contribution in [3.05, 3.63) is 23.2 Å². The van der Waals surface area contributed by atoms with E-state index in [0.29, 0.717) is 5.02 Å². The second-order valence-corrected chi connectivity index (χ2v) is 4.83. The minimum Gasteiger partial charge on any atom is -0.324 e. The number of amides is 1. The van der Waals surface area contributed by atoms with Gasteiger partial charge in [0, 0.05) is 9.92 Å². The smallest absolute Gasteiger partial charge is 0.237 e. The number of hydrogen-bond donors (Lipinski definition) is 1. The van der Waals surface area contributed by atoms with E-state index >= 15 is 0 Å². The van der Waals surface area contributed by atoms with Crippen LogP contribution in [0.25, 0.3) is 0 Å². The molecule has 0 bridgehead atoms. The van der Waals surface area contributed by atoms with Crippen LogP contribution in [0, 0.1) is 0 Å². The van der Waals surface area contributed by atoms with Crippen molar-refractivity contribution >= 4 is 35.0 Å². The van der Waals surface area contributed by atoms with Crippen molar-refractivity contribution in [3.63, 3.8) is 0 Å². The predicted molar refractivity (Wildman–Crippen MR) is 60.0 cm³/mol. The molecule has 0 aromatic heterocycles. The number of rotatable bonds is 1. The van der Waals surface area contributed by atoms with Crippen molar-refractivity contribution in [1.29, 1.82) is 0 Å². The molecule has 2 nitrogen and oxygen atoms in total. The van der Waals surface area contributed by atoms with E-state index in [9.17, 15) is 4.79 Å². The minimum absolute atomic E-state index is 0.0148. The molecule has 14 heavy (non-hydrogen) atoms. The van der Waals surface area contributed by atoms with Crippen molar-refractivity contribution < 1.29 is 4.79 Å². The predicted octanol–water partition coefficient (Wildman–Crippen LogP) is 3.16. The highest BCUT2D eigenvalue weighted by atomic mass is 35.5. The molecule has 4 heteroatoms. The SMILES string of the molecule is CCC1Sc2cc(Cl)ccc2NC1=O. The molecule has 1 heterocycles. The topological polar surface area (TPSA) is 29.1 Å². The molecule has 1 amide bonds. The lowest BCUT2D eigenvalue weighted by atomic mass is 10.2. The minimum atomic E-state index is 0.0148. The van der Waals surface area contributed by atoms with Crippen LogP contribution in [0.3, 0.4) is 0 Å². The maximum atomic E-state index is 11.5. The summed E-state index contributed by atoms with van der Waals surface area (Å²) in [5.74, 6) is 0.0901. The fraction of sp³-hybridized carbons (Fsp3) is 0.300. The van der Waals surface area contributed by atoms with Crippen LogP contribution in [0.1, 0.15) is 13.3 Å². The van der Waals surface area contributed by atoms with Crippen LogP contribution in [-0.2, 0) is 4.79 Å². The number of halogens is 1. The number of nitrogens with one attached hydrogen (secondary N) is 1. The summed E-state index contributed by atoms with van der Waals surface area (Å²) in [5, 5.41) is 3.59. The van der Waals surface area contributed by atoms with Gasteiger partial charge in [-0.3, -0.25) is 4.79 Å². The molecule has 0 spiro atoms. The van der Waals surface area contributed by atoms with Crippen LogP contribution in [0.5, 0.6) is 0 Å². The number of anilines is 1. The molecule has 1 unspecified atom stereocenters. The number of carbonyl (C=O) groups excluding carboxylic acids is 1. The Morgan fingerprint density at radius 3 is 3.07 bits per heavy atom. The van der Waals surface area contributed by atoms with Gasteiger partial charge in [-0.05, 0) is 24.6 Å². The van der Waals surface area contributed by atoms with Crippen molar-refractivity contribution in [2.75, 3.05) is 5.32 Å². The van der Waals surface area contributed by atoms with Gasteiger partial charge in [0.25, 0.3) is 0 Å². The molecule has 1 aromatic rings. The highest BCUT2D eigenvalue weighted by molar-refractivity contribution is 8.01. The van der Waals surface area contributed by atoms with Crippen LogP contribution < -0.4 is 5.32 Å². The van der Waals surface area contributed by atoms with E-state index in [-0.39, 0.29) is 11.2 Å². The summed E-state index contributed by atoms with van der Waals surface area (Å²) in [6.07, 6.45) is 0.836. The molecule has 0 fully saturated rings. The Labute approximate surface area is 92.0 Å². The normalized spacial score (nSPS) is 20.1. The van der Waals surface area contributed by atoms with Gasteiger partial charge in [-0.15, -0.1) is 11.8 Å². The summed E-state index contributed by atoms with van der Waals surface area (Å²) in [6.45, 7) is 2.01. The Morgan fingerprint density at radius 2 is 2.36 bits per heavy atom. The van der Waals surface area contributed by atoms with Gasteiger partial charge in [0.1, 0.15) is 0 Å². The fourth-order valence-electron chi connectivity index (χ4n) is 1.39. The molecule has 1 atom stereocenters. The molecular formula is C10H10ClNOS. The lowest BCUT2D eigenvalue weighted by Gasteiger charge is -2.22. The molecule has 1 N–H and O–H groups in total. The van der Waals surface area contributed by atoms with E-state index in [1.54, 1.807) is 17.8 Å². The Hall–Kier alpha value is -0.670. The highest BCUT2D eigenvalue weighted by Crippen LogP contribution is 2.38. The van der Waals surface area contributed by atoms with Crippen LogP contribution in [0.4, 0.5) is 5.69 Å². The Bertz CT molecular complexity index is 380. The molecule has 2 rings (SSSR count). The first-order valence-corrected chi connectivity index (χ1v) is 5.73. The average Bonchev–Trinajstić information content (AvgIpc) is 2.17. The highest BCUT2D eigenvalue weighted by Gasteiger charge is 2.25. The largest absolute Gasteiger partial charge is 0.324 e. The van der Waals surface area contributed by atoms with E-state index in [4.69, 9.17) is 11.6 Å². The Kier molecular flexibility index (Phi) is 2.70. The van der Waals surface area contributed by atoms with Gasteiger partial charge in [0.05, 0.1) is 10.9 Å². The van der Waals surface area contributed by atoms with Crippen molar-refractivity contribution in [2.45, 2.75) is 23.5 Å². The summed E-state index contributed by atoms with van der Waals surface area (Å²) in [4.78, 5) is 12.6. The second kappa shape index (κ2) is 3.83. The monoisotopic (exact) mass is 227 g/mol. The van der Waals surface area contributed by atoms with Gasteiger partial charge < -0.3 is 5.32 Å². The third kappa shape index (κ3) is 1.74. The summed E-state index contributed by atoms with van der Waals surface area (Å²) in [5.41, 5.74) is 0.870. The van der Waals surface area contributed by atoms with Crippen LogP contribution in [0.15, 0.2) is 23.1 Å². The molecule has 0 aliphatic carbocycles. The second-order valence-electron chi connectivity index (χ2n) is 3.14. The zero-order valence-electron chi connectivity index (χ0n) is 7.71. The Balaban J connectivity index is 2.36. The third-order valence-electron chi connectivity index (χ3n) is 2.13. The van der Waals surface area contributed by atoms with Crippen molar-refractivity contribution in [1.82, 2.24) is 0 Å². The molecule has 1 aromatic carbocycles. The van der Waals surface area contributed by atoms with Crippen molar-refractivity contribution in [3.8, 4) is 0 Å². The van der Waals surface area contributed by atoms with Gasteiger partial charge >= 0.3 is 0 Å². The molecular weight excluding hydrogens is 218 g/mol. The van der Waals surface area contributed by atoms with E-state index in [1.165, 1.54) is 0 Å². The van der Waals surface area contributed by atoms with Gasteiger partial charge in [0.2, 0.25) is 5.91 Å². The number of benzene rings is 1. The molecule has 74 valence electrons. The van der Waals surface area contributed by atoms with Gasteiger partial charge in [-0.25, -0.2) is 0 Å². The average molecular weight is 228 g/mol. The standard InChI is InChI=1S/C10H10ClNOS/c1-2-8-10(13)12-7-4-3-6(11)5-9(7)14-8/h3-5,8H,2H2,1H3,(H,12,13). The molecule has 1 aliphatic heterocycles.